The van der Waals surface area contributed by atoms with Crippen molar-refractivity contribution in [3.05, 3.63) is 59.1 Å². The van der Waals surface area contributed by atoms with Crippen molar-refractivity contribution in [2.75, 3.05) is 12.3 Å². The van der Waals surface area contributed by atoms with E-state index in [9.17, 15) is 4.79 Å². The molecule has 1 aliphatic rings. The van der Waals surface area contributed by atoms with Crippen LogP contribution in [-0.2, 0) is 0 Å². The van der Waals surface area contributed by atoms with E-state index in [4.69, 9.17) is 10.3 Å². The number of piperidine rings is 1. The highest BCUT2D eigenvalue weighted by molar-refractivity contribution is 5.95. The van der Waals surface area contributed by atoms with Crippen LogP contribution < -0.4 is 5.73 Å². The first-order valence-corrected chi connectivity index (χ1v) is 9.47. The summed E-state index contributed by atoms with van der Waals surface area (Å²) in [6.07, 6.45) is 2.94. The first kappa shape index (κ1) is 18.2. The standard InChI is InChI=1S/C21H23N5O2/c1-13-10-17(24-21(22)23-13)15-6-5-7-16(12-15)20(27)26-9-4-3-8-19(26)18-11-14(2)28-25-18/h5-7,10-12,19H,3-4,8-9H2,1-2H3,(H2,22,23,24). The molecule has 4 rings (SSSR count). The number of hydrogen-bond acceptors (Lipinski definition) is 6. The van der Waals surface area contributed by atoms with Crippen LogP contribution in [0.2, 0.25) is 0 Å². The highest BCUT2D eigenvalue weighted by atomic mass is 16.5. The van der Waals surface area contributed by atoms with Gasteiger partial charge in [-0.25, -0.2) is 9.97 Å². The summed E-state index contributed by atoms with van der Waals surface area (Å²) < 4.78 is 5.24. The first-order valence-electron chi connectivity index (χ1n) is 9.47. The Bertz CT molecular complexity index is 993. The van der Waals surface area contributed by atoms with Crippen molar-refractivity contribution in [3.8, 4) is 11.3 Å². The lowest BCUT2D eigenvalue weighted by Crippen LogP contribution is -2.38. The second-order valence-corrected chi connectivity index (χ2v) is 7.21. The van der Waals surface area contributed by atoms with Gasteiger partial charge in [-0.1, -0.05) is 17.3 Å². The molecule has 1 aliphatic heterocycles. The largest absolute Gasteiger partial charge is 0.368 e. The maximum absolute atomic E-state index is 13.3. The number of aromatic nitrogens is 3. The lowest BCUT2D eigenvalue weighted by molar-refractivity contribution is 0.0602. The Morgan fingerprint density at radius 1 is 1.18 bits per heavy atom. The van der Waals surface area contributed by atoms with Crippen LogP contribution in [0.15, 0.2) is 40.9 Å². The van der Waals surface area contributed by atoms with Crippen molar-refractivity contribution in [1.29, 1.82) is 0 Å². The Kier molecular flexibility index (Phi) is 4.81. The van der Waals surface area contributed by atoms with Gasteiger partial charge < -0.3 is 15.2 Å². The van der Waals surface area contributed by atoms with E-state index in [1.54, 1.807) is 0 Å². The van der Waals surface area contributed by atoms with Crippen molar-refractivity contribution in [1.82, 2.24) is 20.0 Å². The van der Waals surface area contributed by atoms with E-state index in [2.05, 4.69) is 15.1 Å². The number of nitrogen functional groups attached to an aromatic ring is 1. The fourth-order valence-electron chi connectivity index (χ4n) is 3.74. The lowest BCUT2D eigenvalue weighted by Gasteiger charge is -2.34. The van der Waals surface area contributed by atoms with Gasteiger partial charge in [0.2, 0.25) is 5.95 Å². The van der Waals surface area contributed by atoms with Crippen molar-refractivity contribution in [2.45, 2.75) is 39.2 Å². The monoisotopic (exact) mass is 377 g/mol. The molecule has 2 aromatic heterocycles. The molecule has 1 amide bonds. The predicted octanol–water partition coefficient (Wildman–Crippen LogP) is 3.70. The molecule has 3 aromatic rings. The van der Waals surface area contributed by atoms with Crippen LogP contribution in [0.5, 0.6) is 0 Å². The minimum absolute atomic E-state index is 0.00838. The molecule has 144 valence electrons. The number of amides is 1. The Labute approximate surface area is 163 Å². The number of anilines is 1. The van der Waals surface area contributed by atoms with E-state index in [1.807, 2.05) is 55.1 Å². The Balaban J connectivity index is 1.65. The molecule has 7 heteroatoms. The molecule has 1 fully saturated rings. The van der Waals surface area contributed by atoms with E-state index in [-0.39, 0.29) is 17.9 Å². The molecule has 7 nitrogen and oxygen atoms in total. The summed E-state index contributed by atoms with van der Waals surface area (Å²) >= 11 is 0. The molecule has 0 saturated carbocycles. The van der Waals surface area contributed by atoms with Gasteiger partial charge in [0.25, 0.3) is 5.91 Å². The maximum Gasteiger partial charge on any atom is 0.254 e. The molecular formula is C21H23N5O2. The summed E-state index contributed by atoms with van der Waals surface area (Å²) in [6.45, 7) is 4.44. The number of carbonyl (C=O) groups is 1. The predicted molar refractivity (Wildman–Crippen MR) is 105 cm³/mol. The van der Waals surface area contributed by atoms with Crippen molar-refractivity contribution in [2.24, 2.45) is 0 Å². The molecule has 0 aliphatic carbocycles. The number of benzene rings is 1. The van der Waals surface area contributed by atoms with Crippen molar-refractivity contribution < 1.29 is 9.32 Å². The van der Waals surface area contributed by atoms with Crippen LogP contribution in [0.25, 0.3) is 11.3 Å². The Hall–Kier alpha value is -3.22. The van der Waals surface area contributed by atoms with E-state index in [1.165, 1.54) is 0 Å². The molecule has 1 aromatic carbocycles. The van der Waals surface area contributed by atoms with E-state index < -0.39 is 0 Å². The van der Waals surface area contributed by atoms with Crippen LogP contribution in [0.1, 0.15) is 52.8 Å². The second kappa shape index (κ2) is 7.42. The van der Waals surface area contributed by atoms with Gasteiger partial charge >= 0.3 is 0 Å². The first-order chi connectivity index (χ1) is 13.5. The Morgan fingerprint density at radius 3 is 2.79 bits per heavy atom. The molecule has 1 saturated heterocycles. The molecule has 1 atom stereocenters. The molecule has 0 radical (unpaired) electrons. The highest BCUT2D eigenvalue weighted by Gasteiger charge is 2.30. The summed E-state index contributed by atoms with van der Waals surface area (Å²) in [4.78, 5) is 23.6. The van der Waals surface area contributed by atoms with Gasteiger partial charge in [0.1, 0.15) is 11.5 Å². The number of carbonyl (C=O) groups excluding carboxylic acids is 1. The molecule has 0 bridgehead atoms. The average molecular weight is 377 g/mol. The fraction of sp³-hybridized carbons (Fsp3) is 0.333. The quantitative estimate of drug-likeness (QED) is 0.747. The van der Waals surface area contributed by atoms with Gasteiger partial charge in [0.05, 0.1) is 11.7 Å². The summed E-state index contributed by atoms with van der Waals surface area (Å²) in [6, 6.07) is 11.2. The third kappa shape index (κ3) is 3.60. The van der Waals surface area contributed by atoms with E-state index >= 15 is 0 Å². The normalized spacial score (nSPS) is 16.9. The third-order valence-corrected chi connectivity index (χ3v) is 5.03. The van der Waals surface area contributed by atoms with Gasteiger partial charge in [-0.3, -0.25) is 4.79 Å². The summed E-state index contributed by atoms with van der Waals surface area (Å²) in [5.74, 6) is 0.974. The minimum Gasteiger partial charge on any atom is -0.368 e. The van der Waals surface area contributed by atoms with E-state index in [0.717, 1.165) is 42.0 Å². The smallest absolute Gasteiger partial charge is 0.254 e. The van der Waals surface area contributed by atoms with Gasteiger partial charge in [-0.15, -0.1) is 0 Å². The topological polar surface area (TPSA) is 98.1 Å². The van der Waals surface area contributed by atoms with Gasteiger partial charge in [-0.2, -0.15) is 0 Å². The number of likely N-dealkylation sites (tertiary alicyclic amines) is 1. The molecular weight excluding hydrogens is 354 g/mol. The average Bonchev–Trinajstić information content (AvgIpc) is 3.13. The number of hydrogen-bond donors (Lipinski definition) is 1. The van der Waals surface area contributed by atoms with Gasteiger partial charge in [0.15, 0.2) is 0 Å². The number of nitrogens with two attached hydrogens (primary N) is 1. The van der Waals surface area contributed by atoms with Gasteiger partial charge in [0, 0.05) is 29.4 Å². The molecule has 1 unspecified atom stereocenters. The zero-order valence-corrected chi connectivity index (χ0v) is 16.1. The van der Waals surface area contributed by atoms with Crippen LogP contribution in [0, 0.1) is 13.8 Å². The third-order valence-electron chi connectivity index (χ3n) is 5.03. The number of aryl methyl sites for hydroxylation is 2. The molecule has 3 heterocycles. The molecule has 28 heavy (non-hydrogen) atoms. The number of rotatable bonds is 3. The SMILES string of the molecule is Cc1cc(-c2cccc(C(=O)N3CCCCC3c3cc(C)on3)c2)nc(N)n1. The molecule has 0 spiro atoms. The zero-order chi connectivity index (χ0) is 19.7. The van der Waals surface area contributed by atoms with Crippen molar-refractivity contribution >= 4 is 11.9 Å². The maximum atomic E-state index is 13.3. The second-order valence-electron chi connectivity index (χ2n) is 7.21. The van der Waals surface area contributed by atoms with Crippen LogP contribution in [-0.4, -0.2) is 32.5 Å². The summed E-state index contributed by atoms with van der Waals surface area (Å²) in [7, 11) is 0. The van der Waals surface area contributed by atoms with Crippen LogP contribution in [0.4, 0.5) is 5.95 Å². The lowest BCUT2D eigenvalue weighted by atomic mass is 9.97. The van der Waals surface area contributed by atoms with E-state index in [0.29, 0.717) is 17.8 Å². The van der Waals surface area contributed by atoms with Crippen LogP contribution in [0.3, 0.4) is 0 Å². The molecule has 2 N–H and O–H groups in total. The summed E-state index contributed by atoms with van der Waals surface area (Å²) in [5, 5.41) is 4.15. The zero-order valence-electron chi connectivity index (χ0n) is 16.1. The fourth-order valence-corrected chi connectivity index (χ4v) is 3.74. The van der Waals surface area contributed by atoms with Crippen LogP contribution >= 0.6 is 0 Å². The minimum atomic E-state index is -0.0562. The Morgan fingerprint density at radius 2 is 2.04 bits per heavy atom. The van der Waals surface area contributed by atoms with Crippen molar-refractivity contribution in [3.63, 3.8) is 0 Å². The highest BCUT2D eigenvalue weighted by Crippen LogP contribution is 2.32. The number of nitrogens with zero attached hydrogens (tertiary/aromatic N) is 4. The van der Waals surface area contributed by atoms with Gasteiger partial charge in [-0.05, 0) is 51.3 Å². The summed E-state index contributed by atoms with van der Waals surface area (Å²) in [5.41, 5.74) is 9.57.